The van der Waals surface area contributed by atoms with Crippen LogP contribution in [0.5, 0.6) is 0 Å². The van der Waals surface area contributed by atoms with E-state index in [1.165, 1.54) is 50.5 Å². The fraction of sp³-hybridized carbons (Fsp3) is 0.613. The lowest BCUT2D eigenvalue weighted by molar-refractivity contribution is 0.180. The number of benzene rings is 2. The molecule has 0 spiro atoms. The van der Waals surface area contributed by atoms with E-state index in [1.807, 2.05) is 18.2 Å². The normalized spacial score (nSPS) is 25.4. The SMILES string of the molecule is CCCC1CCC(c2ccc(-c3ccc(C4CCC(CCCOC)CC4)cc3)c(F)c2F)CC1. The van der Waals surface area contributed by atoms with Gasteiger partial charge in [0.25, 0.3) is 0 Å². The van der Waals surface area contributed by atoms with E-state index < -0.39 is 11.6 Å². The zero-order valence-corrected chi connectivity index (χ0v) is 21.1. The van der Waals surface area contributed by atoms with E-state index >= 15 is 8.78 Å². The van der Waals surface area contributed by atoms with Crippen LogP contribution in [0.25, 0.3) is 11.1 Å². The van der Waals surface area contributed by atoms with Gasteiger partial charge in [0.15, 0.2) is 11.6 Å². The number of methoxy groups -OCH3 is 1. The van der Waals surface area contributed by atoms with Crippen molar-refractivity contribution in [3.8, 4) is 11.1 Å². The lowest BCUT2D eigenvalue weighted by atomic mass is 9.76. The van der Waals surface area contributed by atoms with Gasteiger partial charge in [0.05, 0.1) is 0 Å². The summed E-state index contributed by atoms with van der Waals surface area (Å²) in [5.74, 6) is 1.01. The number of hydrogen-bond donors (Lipinski definition) is 0. The maximum atomic E-state index is 15.1. The van der Waals surface area contributed by atoms with Crippen LogP contribution in [-0.2, 0) is 4.74 Å². The molecule has 2 fully saturated rings. The second-order valence-electron chi connectivity index (χ2n) is 10.8. The quantitative estimate of drug-likeness (QED) is 0.333. The summed E-state index contributed by atoms with van der Waals surface area (Å²) in [4.78, 5) is 0. The number of halogens is 2. The molecule has 0 atom stereocenters. The highest BCUT2D eigenvalue weighted by molar-refractivity contribution is 5.65. The summed E-state index contributed by atoms with van der Waals surface area (Å²) in [7, 11) is 1.77. The monoisotopic (exact) mass is 468 g/mol. The van der Waals surface area contributed by atoms with Crippen LogP contribution in [-0.4, -0.2) is 13.7 Å². The number of ether oxygens (including phenoxy) is 1. The largest absolute Gasteiger partial charge is 0.385 e. The van der Waals surface area contributed by atoms with Crippen LogP contribution in [0.4, 0.5) is 8.78 Å². The van der Waals surface area contributed by atoms with Crippen LogP contribution in [0.1, 0.15) is 107 Å². The Morgan fingerprint density at radius 3 is 1.97 bits per heavy atom. The number of hydrogen-bond acceptors (Lipinski definition) is 1. The van der Waals surface area contributed by atoms with Crippen molar-refractivity contribution in [3.05, 3.63) is 59.2 Å². The third-order valence-corrected chi connectivity index (χ3v) is 8.60. The second-order valence-corrected chi connectivity index (χ2v) is 10.8. The zero-order chi connectivity index (χ0) is 23.9. The Hall–Kier alpha value is -1.74. The molecule has 2 aromatic carbocycles. The molecule has 0 saturated heterocycles. The highest BCUT2D eigenvalue weighted by Gasteiger charge is 2.26. The van der Waals surface area contributed by atoms with Crippen molar-refractivity contribution >= 4 is 0 Å². The minimum Gasteiger partial charge on any atom is -0.385 e. The Labute approximate surface area is 205 Å². The van der Waals surface area contributed by atoms with Gasteiger partial charge in [-0.3, -0.25) is 0 Å². The predicted octanol–water partition coefficient (Wildman–Crippen LogP) is 9.41. The standard InChI is InChI=1S/C31H42F2O/c1-3-5-22-9-13-26(14-10-22)28-19-20-29(31(33)30(28)32)27-17-15-25(16-18-27)24-11-7-23(8-12-24)6-4-21-34-2/h15-20,22-24,26H,3-14,21H2,1-2H3. The molecule has 0 radical (unpaired) electrons. The first kappa shape index (κ1) is 25.4. The maximum Gasteiger partial charge on any atom is 0.166 e. The van der Waals surface area contributed by atoms with E-state index in [0.29, 0.717) is 17.0 Å². The van der Waals surface area contributed by atoms with Crippen molar-refractivity contribution in [3.63, 3.8) is 0 Å². The van der Waals surface area contributed by atoms with E-state index in [4.69, 9.17) is 4.74 Å². The summed E-state index contributed by atoms with van der Waals surface area (Å²) in [5.41, 5.74) is 3.07. The topological polar surface area (TPSA) is 9.23 Å². The van der Waals surface area contributed by atoms with Crippen LogP contribution in [0.15, 0.2) is 36.4 Å². The van der Waals surface area contributed by atoms with Crippen molar-refractivity contribution in [2.75, 3.05) is 13.7 Å². The van der Waals surface area contributed by atoms with Gasteiger partial charge in [0, 0.05) is 19.3 Å². The summed E-state index contributed by atoms with van der Waals surface area (Å²) in [5, 5.41) is 0. The molecule has 3 heteroatoms. The Morgan fingerprint density at radius 2 is 1.35 bits per heavy atom. The minimum atomic E-state index is -0.683. The third kappa shape index (κ3) is 6.08. The molecule has 2 aliphatic rings. The molecule has 0 aromatic heterocycles. The van der Waals surface area contributed by atoms with Gasteiger partial charge in [-0.1, -0.05) is 56.2 Å². The molecule has 0 aliphatic heterocycles. The molecule has 186 valence electrons. The van der Waals surface area contributed by atoms with Crippen molar-refractivity contribution in [2.45, 2.75) is 95.8 Å². The lowest BCUT2D eigenvalue weighted by Crippen LogP contribution is -2.15. The van der Waals surface area contributed by atoms with Crippen LogP contribution in [0, 0.1) is 23.5 Å². The Kier molecular flexibility index (Phi) is 9.17. The summed E-state index contributed by atoms with van der Waals surface area (Å²) < 4.78 is 35.4. The molecule has 1 nitrogen and oxygen atoms in total. The average molecular weight is 469 g/mol. The maximum absolute atomic E-state index is 15.1. The lowest BCUT2D eigenvalue weighted by Gasteiger charge is -2.29. The molecule has 4 rings (SSSR count). The summed E-state index contributed by atoms with van der Waals surface area (Å²) in [6, 6.07) is 11.9. The van der Waals surface area contributed by atoms with Crippen molar-refractivity contribution in [1.29, 1.82) is 0 Å². The van der Waals surface area contributed by atoms with Gasteiger partial charge < -0.3 is 4.74 Å². The molecular weight excluding hydrogens is 426 g/mol. The predicted molar refractivity (Wildman–Crippen MR) is 137 cm³/mol. The molecule has 0 amide bonds. The molecule has 2 saturated carbocycles. The minimum absolute atomic E-state index is 0.156. The Bertz CT molecular complexity index is 890. The van der Waals surface area contributed by atoms with E-state index in [-0.39, 0.29) is 5.92 Å². The zero-order valence-electron chi connectivity index (χ0n) is 21.1. The molecule has 0 N–H and O–H groups in total. The van der Waals surface area contributed by atoms with Crippen LogP contribution < -0.4 is 0 Å². The first-order valence-electron chi connectivity index (χ1n) is 13.7. The molecule has 2 aromatic rings. The van der Waals surface area contributed by atoms with Gasteiger partial charge in [-0.25, -0.2) is 8.78 Å². The Balaban J connectivity index is 1.38. The van der Waals surface area contributed by atoms with Crippen molar-refractivity contribution in [2.24, 2.45) is 11.8 Å². The van der Waals surface area contributed by atoms with E-state index in [9.17, 15) is 0 Å². The summed E-state index contributed by atoms with van der Waals surface area (Å²) in [6.45, 7) is 3.09. The second kappa shape index (κ2) is 12.3. The van der Waals surface area contributed by atoms with Crippen LogP contribution in [0.3, 0.4) is 0 Å². The first-order chi connectivity index (χ1) is 16.6. The molecule has 34 heavy (non-hydrogen) atoms. The van der Waals surface area contributed by atoms with E-state index in [0.717, 1.165) is 56.1 Å². The third-order valence-electron chi connectivity index (χ3n) is 8.60. The fourth-order valence-electron chi connectivity index (χ4n) is 6.51. The number of rotatable bonds is 9. The highest BCUT2D eigenvalue weighted by atomic mass is 19.2. The van der Waals surface area contributed by atoms with Crippen LogP contribution in [0.2, 0.25) is 0 Å². The van der Waals surface area contributed by atoms with Crippen LogP contribution >= 0.6 is 0 Å². The van der Waals surface area contributed by atoms with Gasteiger partial charge >= 0.3 is 0 Å². The molecule has 2 aliphatic carbocycles. The van der Waals surface area contributed by atoms with Crippen molar-refractivity contribution in [1.82, 2.24) is 0 Å². The first-order valence-corrected chi connectivity index (χ1v) is 13.7. The van der Waals surface area contributed by atoms with Gasteiger partial charge in [-0.05, 0) is 105 Å². The highest BCUT2D eigenvalue weighted by Crippen LogP contribution is 2.41. The van der Waals surface area contributed by atoms with Gasteiger partial charge in [-0.15, -0.1) is 0 Å². The molecular formula is C31H42F2O. The smallest absolute Gasteiger partial charge is 0.166 e. The van der Waals surface area contributed by atoms with Gasteiger partial charge in [0.1, 0.15) is 0 Å². The van der Waals surface area contributed by atoms with Crippen molar-refractivity contribution < 1.29 is 13.5 Å². The average Bonchev–Trinajstić information content (AvgIpc) is 2.87. The van der Waals surface area contributed by atoms with Gasteiger partial charge in [-0.2, -0.15) is 0 Å². The summed E-state index contributed by atoms with van der Waals surface area (Å²) in [6.07, 6.45) is 14.1. The molecule has 0 heterocycles. The van der Waals surface area contributed by atoms with Gasteiger partial charge in [0.2, 0.25) is 0 Å². The molecule has 0 bridgehead atoms. The molecule has 0 unspecified atom stereocenters. The van der Waals surface area contributed by atoms with E-state index in [2.05, 4.69) is 19.1 Å². The Morgan fingerprint density at radius 1 is 0.735 bits per heavy atom. The van der Waals surface area contributed by atoms with E-state index in [1.54, 1.807) is 13.2 Å². The fourth-order valence-corrected chi connectivity index (χ4v) is 6.51. The summed E-state index contributed by atoms with van der Waals surface area (Å²) >= 11 is 0.